The number of halogens is 3. The summed E-state index contributed by atoms with van der Waals surface area (Å²) in [6.45, 7) is 4.53. The number of rotatable bonds is 5. The average molecular weight is 463 g/mol. The monoisotopic (exact) mass is 461 g/mol. The van der Waals surface area contributed by atoms with E-state index in [4.69, 9.17) is 27.9 Å². The topological polar surface area (TPSA) is 21.6 Å². The van der Waals surface area contributed by atoms with Crippen molar-refractivity contribution < 1.29 is 4.74 Å². The van der Waals surface area contributed by atoms with Gasteiger partial charge in [-0.05, 0) is 82.9 Å². The highest BCUT2D eigenvalue weighted by Gasteiger charge is 2.06. The molecular formula is C22H18BrCl2NO. The molecule has 0 aliphatic rings. The zero-order valence-corrected chi connectivity index (χ0v) is 18.1. The molecule has 0 atom stereocenters. The van der Waals surface area contributed by atoms with Crippen LogP contribution in [0, 0.1) is 13.8 Å². The molecule has 138 valence electrons. The van der Waals surface area contributed by atoms with Gasteiger partial charge in [-0.1, -0.05) is 41.4 Å². The lowest BCUT2D eigenvalue weighted by Gasteiger charge is -2.10. The first kappa shape index (κ1) is 19.9. The van der Waals surface area contributed by atoms with Crippen molar-refractivity contribution in [3.63, 3.8) is 0 Å². The highest BCUT2D eigenvalue weighted by molar-refractivity contribution is 9.10. The molecule has 0 amide bonds. The summed E-state index contributed by atoms with van der Waals surface area (Å²) in [6, 6.07) is 17.4. The lowest BCUT2D eigenvalue weighted by Crippen LogP contribution is -1.97. The Bertz CT molecular complexity index is 1000. The van der Waals surface area contributed by atoms with E-state index in [0.29, 0.717) is 16.7 Å². The third kappa shape index (κ3) is 5.13. The van der Waals surface area contributed by atoms with Crippen LogP contribution in [0.25, 0.3) is 0 Å². The van der Waals surface area contributed by atoms with Gasteiger partial charge in [0.15, 0.2) is 0 Å². The van der Waals surface area contributed by atoms with Gasteiger partial charge in [-0.15, -0.1) is 0 Å². The molecule has 3 aromatic carbocycles. The van der Waals surface area contributed by atoms with Crippen LogP contribution in [0.15, 0.2) is 64.1 Å². The SMILES string of the molecule is Cc1cccc(N=Cc2ccc(OCc3ccc(Cl)cc3Cl)c(Br)c2)c1C. The first-order valence-electron chi connectivity index (χ1n) is 8.40. The molecule has 0 saturated heterocycles. The van der Waals surface area contributed by atoms with Gasteiger partial charge >= 0.3 is 0 Å². The van der Waals surface area contributed by atoms with E-state index in [-0.39, 0.29) is 0 Å². The van der Waals surface area contributed by atoms with Crippen molar-refractivity contribution in [1.82, 2.24) is 0 Å². The number of hydrogen-bond donors (Lipinski definition) is 0. The van der Waals surface area contributed by atoms with Crippen LogP contribution in [0.1, 0.15) is 22.3 Å². The van der Waals surface area contributed by atoms with Gasteiger partial charge in [0.25, 0.3) is 0 Å². The number of benzene rings is 3. The summed E-state index contributed by atoms with van der Waals surface area (Å²) in [4.78, 5) is 4.60. The molecule has 0 spiro atoms. The molecule has 0 N–H and O–H groups in total. The van der Waals surface area contributed by atoms with Gasteiger partial charge < -0.3 is 4.74 Å². The Balaban J connectivity index is 1.72. The van der Waals surface area contributed by atoms with Crippen molar-refractivity contribution in [2.75, 3.05) is 0 Å². The fourth-order valence-corrected chi connectivity index (χ4v) is 3.50. The molecule has 5 heteroatoms. The first-order chi connectivity index (χ1) is 12.9. The summed E-state index contributed by atoms with van der Waals surface area (Å²) >= 11 is 15.7. The highest BCUT2D eigenvalue weighted by atomic mass is 79.9. The molecule has 0 saturated carbocycles. The predicted octanol–water partition coefficient (Wildman–Crippen LogP) is 7.70. The van der Waals surface area contributed by atoms with Gasteiger partial charge in [-0.2, -0.15) is 0 Å². The summed E-state index contributed by atoms with van der Waals surface area (Å²) in [5.41, 5.74) is 5.26. The second-order valence-corrected chi connectivity index (χ2v) is 7.89. The number of nitrogens with zero attached hydrogens (tertiary/aromatic N) is 1. The van der Waals surface area contributed by atoms with Gasteiger partial charge in [-0.25, -0.2) is 0 Å². The zero-order chi connectivity index (χ0) is 19.4. The second-order valence-electron chi connectivity index (χ2n) is 6.19. The largest absolute Gasteiger partial charge is 0.488 e. The van der Waals surface area contributed by atoms with Gasteiger partial charge in [-0.3, -0.25) is 4.99 Å². The maximum Gasteiger partial charge on any atom is 0.134 e. The normalized spacial score (nSPS) is 11.1. The quantitative estimate of drug-likeness (QED) is 0.356. The molecule has 0 unspecified atom stereocenters. The van der Waals surface area contributed by atoms with Crippen molar-refractivity contribution in [3.05, 3.63) is 91.4 Å². The third-order valence-electron chi connectivity index (χ3n) is 4.28. The molecule has 0 aliphatic heterocycles. The van der Waals surface area contributed by atoms with Gasteiger partial charge in [0, 0.05) is 21.8 Å². The fraction of sp³-hybridized carbons (Fsp3) is 0.136. The first-order valence-corrected chi connectivity index (χ1v) is 9.95. The standard InChI is InChI=1S/C22H18BrCl2NO/c1-14-4-3-5-21(15(14)2)26-12-16-6-9-22(19(23)10-16)27-13-17-7-8-18(24)11-20(17)25/h3-12H,13H2,1-2H3. The number of hydrogen-bond acceptors (Lipinski definition) is 2. The van der Waals surface area contributed by atoms with Crippen molar-refractivity contribution in [1.29, 1.82) is 0 Å². The number of aliphatic imine (C=N–C) groups is 1. The van der Waals surface area contributed by atoms with E-state index in [1.807, 2.05) is 42.6 Å². The van der Waals surface area contributed by atoms with E-state index in [2.05, 4.69) is 40.8 Å². The minimum absolute atomic E-state index is 0.366. The van der Waals surface area contributed by atoms with E-state index >= 15 is 0 Å². The molecule has 0 aliphatic carbocycles. The van der Waals surface area contributed by atoms with E-state index in [1.54, 1.807) is 12.1 Å². The zero-order valence-electron chi connectivity index (χ0n) is 15.0. The Kier molecular flexibility index (Phi) is 6.59. The van der Waals surface area contributed by atoms with Crippen LogP contribution in [0.3, 0.4) is 0 Å². The summed E-state index contributed by atoms with van der Waals surface area (Å²) in [5, 5.41) is 1.20. The van der Waals surface area contributed by atoms with E-state index < -0.39 is 0 Å². The third-order valence-corrected chi connectivity index (χ3v) is 5.49. The molecule has 3 aromatic rings. The van der Waals surface area contributed by atoms with E-state index in [1.165, 1.54) is 11.1 Å². The molecule has 27 heavy (non-hydrogen) atoms. The van der Waals surface area contributed by atoms with Crippen LogP contribution in [0.4, 0.5) is 5.69 Å². The van der Waals surface area contributed by atoms with Crippen LogP contribution >= 0.6 is 39.1 Å². The van der Waals surface area contributed by atoms with Gasteiger partial charge in [0.1, 0.15) is 12.4 Å². The lowest BCUT2D eigenvalue weighted by molar-refractivity contribution is 0.304. The van der Waals surface area contributed by atoms with Crippen LogP contribution in [-0.4, -0.2) is 6.21 Å². The van der Waals surface area contributed by atoms with Crippen molar-refractivity contribution in [3.8, 4) is 5.75 Å². The van der Waals surface area contributed by atoms with Gasteiger partial charge in [0.2, 0.25) is 0 Å². The lowest BCUT2D eigenvalue weighted by atomic mass is 10.1. The molecule has 0 radical (unpaired) electrons. The smallest absolute Gasteiger partial charge is 0.134 e. The van der Waals surface area contributed by atoms with E-state index in [0.717, 1.165) is 27.0 Å². The minimum atomic E-state index is 0.366. The van der Waals surface area contributed by atoms with Crippen molar-refractivity contribution >= 4 is 51.0 Å². The molecule has 0 fully saturated rings. The number of ether oxygens (including phenoxy) is 1. The summed E-state index contributed by atoms with van der Waals surface area (Å²) in [7, 11) is 0. The summed E-state index contributed by atoms with van der Waals surface area (Å²) in [6.07, 6.45) is 1.85. The Morgan fingerprint density at radius 2 is 1.85 bits per heavy atom. The van der Waals surface area contributed by atoms with Crippen LogP contribution in [0.2, 0.25) is 10.0 Å². The molecular weight excluding hydrogens is 445 g/mol. The fourth-order valence-electron chi connectivity index (χ4n) is 2.53. The molecule has 2 nitrogen and oxygen atoms in total. The average Bonchev–Trinajstić information content (AvgIpc) is 2.63. The van der Waals surface area contributed by atoms with Crippen LogP contribution in [0.5, 0.6) is 5.75 Å². The van der Waals surface area contributed by atoms with Crippen molar-refractivity contribution in [2.24, 2.45) is 4.99 Å². The Hall–Kier alpha value is -1.81. The minimum Gasteiger partial charge on any atom is -0.488 e. The Labute approximate surface area is 177 Å². The maximum absolute atomic E-state index is 6.19. The second kappa shape index (κ2) is 8.92. The predicted molar refractivity (Wildman–Crippen MR) is 118 cm³/mol. The van der Waals surface area contributed by atoms with E-state index in [9.17, 15) is 0 Å². The van der Waals surface area contributed by atoms with Gasteiger partial charge in [0.05, 0.1) is 10.2 Å². The molecule has 3 rings (SSSR count). The Morgan fingerprint density at radius 3 is 2.59 bits per heavy atom. The maximum atomic E-state index is 6.19. The Morgan fingerprint density at radius 1 is 1.04 bits per heavy atom. The molecule has 0 heterocycles. The molecule has 0 bridgehead atoms. The highest BCUT2D eigenvalue weighted by Crippen LogP contribution is 2.29. The van der Waals surface area contributed by atoms with Crippen molar-refractivity contribution in [2.45, 2.75) is 20.5 Å². The number of aryl methyl sites for hydroxylation is 1. The summed E-state index contributed by atoms with van der Waals surface area (Å²) < 4.78 is 6.74. The van der Waals surface area contributed by atoms with Crippen LogP contribution < -0.4 is 4.74 Å². The summed E-state index contributed by atoms with van der Waals surface area (Å²) in [5.74, 6) is 0.741. The molecule has 0 aromatic heterocycles. The van der Waals surface area contributed by atoms with Crippen LogP contribution in [-0.2, 0) is 6.61 Å².